The van der Waals surface area contributed by atoms with Crippen LogP contribution >= 0.6 is 11.3 Å². The summed E-state index contributed by atoms with van der Waals surface area (Å²) >= 11 is 1.76. The molecule has 0 radical (unpaired) electrons. The van der Waals surface area contributed by atoms with Crippen molar-refractivity contribution in [2.75, 3.05) is 18.0 Å². The van der Waals surface area contributed by atoms with E-state index in [2.05, 4.69) is 32.6 Å². The van der Waals surface area contributed by atoms with Gasteiger partial charge in [0.2, 0.25) is 0 Å². The Bertz CT molecular complexity index is 333. The van der Waals surface area contributed by atoms with Crippen molar-refractivity contribution < 1.29 is 0 Å². The fraction of sp³-hybridized carbons (Fsp3) is 0.769. The molecule has 0 unspecified atom stereocenters. The van der Waals surface area contributed by atoms with Gasteiger partial charge < -0.3 is 10.6 Å². The van der Waals surface area contributed by atoms with Gasteiger partial charge in [-0.15, -0.1) is 11.3 Å². The number of aromatic nitrogens is 1. The van der Waals surface area contributed by atoms with Crippen molar-refractivity contribution in [1.29, 1.82) is 0 Å². The molecule has 0 amide bonds. The fourth-order valence-electron chi connectivity index (χ4n) is 1.88. The summed E-state index contributed by atoms with van der Waals surface area (Å²) in [4.78, 5) is 8.37. The van der Waals surface area contributed by atoms with Crippen molar-refractivity contribution in [2.24, 2.45) is 11.7 Å². The van der Waals surface area contributed by atoms with Crippen LogP contribution in [0.2, 0.25) is 0 Å². The van der Waals surface area contributed by atoms with E-state index < -0.39 is 0 Å². The number of nitrogens with zero attached hydrogens (tertiary/aromatic N) is 2. The van der Waals surface area contributed by atoms with Gasteiger partial charge in [0.25, 0.3) is 0 Å². The van der Waals surface area contributed by atoms with Crippen molar-refractivity contribution >= 4 is 16.5 Å². The Kier molecular flexibility index (Phi) is 5.92. The number of nitrogens with two attached hydrogens (primary N) is 1. The van der Waals surface area contributed by atoms with Crippen LogP contribution < -0.4 is 10.6 Å². The zero-order valence-corrected chi connectivity index (χ0v) is 12.3. The predicted molar refractivity (Wildman–Crippen MR) is 76.7 cm³/mol. The molecule has 3 nitrogen and oxygen atoms in total. The topological polar surface area (TPSA) is 42.2 Å². The summed E-state index contributed by atoms with van der Waals surface area (Å²) in [7, 11) is 0. The molecule has 17 heavy (non-hydrogen) atoms. The minimum absolute atomic E-state index is 0.617. The second kappa shape index (κ2) is 6.97. The van der Waals surface area contributed by atoms with Crippen LogP contribution in [0.1, 0.15) is 44.7 Å². The second-order valence-electron chi connectivity index (χ2n) is 4.75. The monoisotopic (exact) mass is 255 g/mol. The number of hydrogen-bond donors (Lipinski definition) is 1. The van der Waals surface area contributed by atoms with Gasteiger partial charge in [-0.25, -0.2) is 4.98 Å². The van der Waals surface area contributed by atoms with Gasteiger partial charge in [0.1, 0.15) is 0 Å². The molecule has 0 aliphatic rings. The lowest BCUT2D eigenvalue weighted by Gasteiger charge is -2.21. The van der Waals surface area contributed by atoms with Gasteiger partial charge in [0, 0.05) is 24.5 Å². The summed E-state index contributed by atoms with van der Waals surface area (Å²) in [6, 6.07) is 0. The zero-order chi connectivity index (χ0) is 12.8. The molecular weight excluding hydrogens is 230 g/mol. The van der Waals surface area contributed by atoms with Crippen molar-refractivity contribution in [1.82, 2.24) is 4.98 Å². The largest absolute Gasteiger partial charge is 0.348 e. The van der Waals surface area contributed by atoms with Crippen LogP contribution in [-0.2, 0) is 13.0 Å². The molecule has 1 heterocycles. The Labute approximate surface area is 109 Å². The van der Waals surface area contributed by atoms with E-state index in [1.807, 2.05) is 0 Å². The van der Waals surface area contributed by atoms with Crippen LogP contribution in [0.25, 0.3) is 0 Å². The van der Waals surface area contributed by atoms with Crippen molar-refractivity contribution in [3.8, 4) is 0 Å². The highest BCUT2D eigenvalue weighted by molar-refractivity contribution is 7.15. The number of rotatable bonds is 7. The molecule has 0 aliphatic carbocycles. The highest BCUT2D eigenvalue weighted by Gasteiger charge is 2.14. The first-order valence-corrected chi connectivity index (χ1v) is 7.37. The zero-order valence-electron chi connectivity index (χ0n) is 11.5. The quantitative estimate of drug-likeness (QED) is 0.814. The van der Waals surface area contributed by atoms with E-state index in [0.29, 0.717) is 12.5 Å². The fourth-order valence-corrected chi connectivity index (χ4v) is 2.94. The molecule has 1 aromatic rings. The lowest BCUT2D eigenvalue weighted by atomic mass is 10.2. The van der Waals surface area contributed by atoms with Crippen LogP contribution in [0.4, 0.5) is 5.13 Å². The molecule has 1 rings (SSSR count). The van der Waals surface area contributed by atoms with Gasteiger partial charge in [0.05, 0.1) is 5.69 Å². The number of anilines is 1. The molecule has 0 aromatic carbocycles. The SMILES string of the molecule is CCCc1nc(N(CC)CC(C)C)sc1CN. The average molecular weight is 255 g/mol. The van der Waals surface area contributed by atoms with Gasteiger partial charge in [-0.1, -0.05) is 27.2 Å². The first kappa shape index (κ1) is 14.5. The molecular formula is C13H25N3S. The van der Waals surface area contributed by atoms with Gasteiger partial charge in [-0.3, -0.25) is 0 Å². The maximum absolute atomic E-state index is 5.79. The Morgan fingerprint density at radius 3 is 2.53 bits per heavy atom. The first-order chi connectivity index (χ1) is 8.12. The van der Waals surface area contributed by atoms with E-state index >= 15 is 0 Å². The second-order valence-corrected chi connectivity index (χ2v) is 5.81. The molecule has 0 saturated carbocycles. The summed E-state index contributed by atoms with van der Waals surface area (Å²) in [6.07, 6.45) is 2.18. The van der Waals surface area contributed by atoms with Gasteiger partial charge in [-0.2, -0.15) is 0 Å². The summed E-state index contributed by atoms with van der Waals surface area (Å²) in [5.74, 6) is 0.662. The highest BCUT2D eigenvalue weighted by Crippen LogP contribution is 2.27. The molecule has 98 valence electrons. The molecule has 0 bridgehead atoms. The third-order valence-corrected chi connectivity index (χ3v) is 3.86. The molecule has 0 atom stereocenters. The normalized spacial score (nSPS) is 11.2. The van der Waals surface area contributed by atoms with E-state index in [-0.39, 0.29) is 0 Å². The van der Waals surface area contributed by atoms with Crippen LogP contribution in [0, 0.1) is 5.92 Å². The highest BCUT2D eigenvalue weighted by atomic mass is 32.1. The van der Waals surface area contributed by atoms with Crippen molar-refractivity contribution in [3.63, 3.8) is 0 Å². The smallest absolute Gasteiger partial charge is 0.185 e. The van der Waals surface area contributed by atoms with E-state index in [4.69, 9.17) is 10.7 Å². The number of hydrogen-bond acceptors (Lipinski definition) is 4. The minimum Gasteiger partial charge on any atom is -0.348 e. The van der Waals surface area contributed by atoms with Gasteiger partial charge in [-0.05, 0) is 19.3 Å². The molecule has 0 fully saturated rings. The van der Waals surface area contributed by atoms with Crippen LogP contribution in [-0.4, -0.2) is 18.1 Å². The van der Waals surface area contributed by atoms with Gasteiger partial charge >= 0.3 is 0 Å². The minimum atomic E-state index is 0.617. The third kappa shape index (κ3) is 3.96. The van der Waals surface area contributed by atoms with Gasteiger partial charge in [0.15, 0.2) is 5.13 Å². The van der Waals surface area contributed by atoms with E-state index in [1.165, 1.54) is 10.6 Å². The van der Waals surface area contributed by atoms with E-state index in [0.717, 1.165) is 31.1 Å². The van der Waals surface area contributed by atoms with E-state index in [1.54, 1.807) is 11.3 Å². The Morgan fingerprint density at radius 1 is 1.35 bits per heavy atom. The van der Waals surface area contributed by atoms with Crippen molar-refractivity contribution in [3.05, 3.63) is 10.6 Å². The van der Waals surface area contributed by atoms with Crippen molar-refractivity contribution in [2.45, 2.75) is 47.1 Å². The predicted octanol–water partition coefficient (Wildman–Crippen LogP) is 3.04. The Balaban J connectivity index is 2.88. The number of thiazole rings is 1. The standard InChI is InChI=1S/C13H25N3S/c1-5-7-11-12(8-14)17-13(15-11)16(6-2)9-10(3)4/h10H,5-9,14H2,1-4H3. The van der Waals surface area contributed by atoms with Crippen LogP contribution in [0.5, 0.6) is 0 Å². The Morgan fingerprint density at radius 2 is 2.06 bits per heavy atom. The molecule has 0 aliphatic heterocycles. The third-order valence-electron chi connectivity index (χ3n) is 2.68. The van der Waals surface area contributed by atoms with E-state index in [9.17, 15) is 0 Å². The van der Waals surface area contributed by atoms with Crippen LogP contribution in [0.15, 0.2) is 0 Å². The molecule has 0 saturated heterocycles. The Hall–Kier alpha value is -0.610. The summed E-state index contributed by atoms with van der Waals surface area (Å²) in [5.41, 5.74) is 6.99. The molecule has 1 aromatic heterocycles. The maximum atomic E-state index is 5.79. The lowest BCUT2D eigenvalue weighted by molar-refractivity contribution is 0.617. The lowest BCUT2D eigenvalue weighted by Crippen LogP contribution is -2.27. The summed E-state index contributed by atoms with van der Waals surface area (Å²) in [6.45, 7) is 11.6. The van der Waals surface area contributed by atoms with Crippen LogP contribution in [0.3, 0.4) is 0 Å². The maximum Gasteiger partial charge on any atom is 0.185 e. The number of aryl methyl sites for hydroxylation is 1. The molecule has 0 spiro atoms. The molecule has 2 N–H and O–H groups in total. The summed E-state index contributed by atoms with van der Waals surface area (Å²) < 4.78 is 0. The molecule has 4 heteroatoms. The summed E-state index contributed by atoms with van der Waals surface area (Å²) in [5, 5.41) is 1.14. The first-order valence-electron chi connectivity index (χ1n) is 6.55. The average Bonchev–Trinajstić information content (AvgIpc) is 2.69.